The van der Waals surface area contributed by atoms with Gasteiger partial charge in [-0.1, -0.05) is 0 Å². The number of alkyl halides is 3. The van der Waals surface area contributed by atoms with E-state index in [0.717, 1.165) is 17.7 Å². The minimum absolute atomic E-state index is 0.0983. The molecule has 0 fully saturated rings. The van der Waals surface area contributed by atoms with Gasteiger partial charge in [0.25, 0.3) is 0 Å². The van der Waals surface area contributed by atoms with Gasteiger partial charge in [0, 0.05) is 6.54 Å². The molecular formula is C12H10F3NS. The van der Waals surface area contributed by atoms with Crippen LogP contribution in [0, 0.1) is 0 Å². The lowest BCUT2D eigenvalue weighted by Crippen LogP contribution is -2.07. The van der Waals surface area contributed by atoms with Crippen LogP contribution in [0.3, 0.4) is 0 Å². The topological polar surface area (TPSA) is 26.0 Å². The summed E-state index contributed by atoms with van der Waals surface area (Å²) in [5, 5.41) is 3.65. The zero-order chi connectivity index (χ0) is 12.5. The molecule has 1 nitrogen and oxygen atoms in total. The van der Waals surface area contributed by atoms with Gasteiger partial charge in [0.05, 0.1) is 5.56 Å². The minimum atomic E-state index is -4.34. The number of benzene rings is 1. The van der Waals surface area contributed by atoms with Crippen LogP contribution in [0.1, 0.15) is 11.1 Å². The monoisotopic (exact) mass is 257 g/mol. The average Bonchev–Trinajstić information content (AvgIpc) is 2.80. The van der Waals surface area contributed by atoms with Crippen molar-refractivity contribution in [3.63, 3.8) is 0 Å². The maximum atomic E-state index is 12.7. The molecule has 1 aromatic heterocycles. The molecule has 17 heavy (non-hydrogen) atoms. The Morgan fingerprint density at radius 1 is 1.12 bits per heavy atom. The summed E-state index contributed by atoms with van der Waals surface area (Å²) < 4.78 is 38.1. The molecule has 0 radical (unpaired) electrons. The van der Waals surface area contributed by atoms with Crippen molar-refractivity contribution in [3.05, 3.63) is 46.2 Å². The minimum Gasteiger partial charge on any atom is -0.326 e. The highest BCUT2D eigenvalue weighted by Crippen LogP contribution is 2.33. The van der Waals surface area contributed by atoms with E-state index in [1.54, 1.807) is 12.1 Å². The van der Waals surface area contributed by atoms with Gasteiger partial charge in [-0.3, -0.25) is 0 Å². The average molecular weight is 257 g/mol. The first kappa shape index (κ1) is 12.1. The lowest BCUT2D eigenvalue weighted by atomic mass is 10.0. The van der Waals surface area contributed by atoms with E-state index in [1.807, 2.05) is 10.8 Å². The van der Waals surface area contributed by atoms with Crippen molar-refractivity contribution in [2.45, 2.75) is 12.7 Å². The lowest BCUT2D eigenvalue weighted by molar-refractivity contribution is -0.137. The SMILES string of the molecule is NCc1cc(-c2ccsc2)cc(C(F)(F)F)c1. The molecule has 0 atom stereocenters. The molecule has 0 aliphatic rings. The van der Waals surface area contributed by atoms with Crippen LogP contribution in [0.5, 0.6) is 0 Å². The lowest BCUT2D eigenvalue weighted by Gasteiger charge is -2.10. The van der Waals surface area contributed by atoms with Crippen LogP contribution in [0.15, 0.2) is 35.0 Å². The second-order valence-corrected chi connectivity index (χ2v) is 4.41. The summed E-state index contributed by atoms with van der Waals surface area (Å²) >= 11 is 1.45. The van der Waals surface area contributed by atoms with Crippen molar-refractivity contribution < 1.29 is 13.2 Å². The van der Waals surface area contributed by atoms with Crippen LogP contribution < -0.4 is 5.73 Å². The Kier molecular flexibility index (Phi) is 3.22. The molecule has 0 bridgehead atoms. The third-order valence-electron chi connectivity index (χ3n) is 2.41. The van der Waals surface area contributed by atoms with Crippen LogP contribution in [-0.2, 0) is 12.7 Å². The van der Waals surface area contributed by atoms with Crippen molar-refractivity contribution in [1.82, 2.24) is 0 Å². The van der Waals surface area contributed by atoms with Gasteiger partial charge in [-0.05, 0) is 51.7 Å². The predicted octanol–water partition coefficient (Wildman–Crippen LogP) is 3.89. The summed E-state index contributed by atoms with van der Waals surface area (Å²) in [5.41, 5.74) is 6.60. The van der Waals surface area contributed by atoms with Gasteiger partial charge in [-0.2, -0.15) is 24.5 Å². The fourth-order valence-corrected chi connectivity index (χ4v) is 2.23. The Bertz CT molecular complexity index is 503. The van der Waals surface area contributed by atoms with Gasteiger partial charge in [-0.25, -0.2) is 0 Å². The van der Waals surface area contributed by atoms with Gasteiger partial charge >= 0.3 is 6.18 Å². The first-order valence-electron chi connectivity index (χ1n) is 4.94. The van der Waals surface area contributed by atoms with Crippen LogP contribution in [0.25, 0.3) is 11.1 Å². The molecule has 0 amide bonds. The molecule has 90 valence electrons. The maximum Gasteiger partial charge on any atom is 0.416 e. The molecule has 5 heteroatoms. The molecule has 0 aliphatic heterocycles. The van der Waals surface area contributed by atoms with Crippen LogP contribution in [0.2, 0.25) is 0 Å². The van der Waals surface area contributed by atoms with Crippen LogP contribution >= 0.6 is 11.3 Å². The zero-order valence-corrected chi connectivity index (χ0v) is 9.61. The number of nitrogens with two attached hydrogens (primary N) is 1. The fraction of sp³-hybridized carbons (Fsp3) is 0.167. The van der Waals surface area contributed by atoms with Crippen LogP contribution in [-0.4, -0.2) is 0 Å². The molecule has 0 saturated heterocycles. The molecule has 0 aliphatic carbocycles. The third kappa shape index (κ3) is 2.68. The highest BCUT2D eigenvalue weighted by atomic mass is 32.1. The number of rotatable bonds is 2. The standard InChI is InChI=1S/C12H10F3NS/c13-12(14,15)11-4-8(6-16)3-10(5-11)9-1-2-17-7-9/h1-5,7H,6,16H2. The molecule has 2 rings (SSSR count). The van der Waals surface area contributed by atoms with Crippen molar-refractivity contribution in [2.24, 2.45) is 5.73 Å². The van der Waals surface area contributed by atoms with Crippen molar-refractivity contribution in [3.8, 4) is 11.1 Å². The van der Waals surface area contributed by atoms with Crippen molar-refractivity contribution in [2.75, 3.05) is 0 Å². The molecule has 2 aromatic rings. The second kappa shape index (κ2) is 4.50. The van der Waals surface area contributed by atoms with E-state index in [2.05, 4.69) is 0 Å². The van der Waals surface area contributed by atoms with E-state index in [4.69, 9.17) is 5.73 Å². The number of thiophene rings is 1. The Balaban J connectivity index is 2.54. The summed E-state index contributed by atoms with van der Waals surface area (Å²) in [6, 6.07) is 5.73. The fourth-order valence-electron chi connectivity index (χ4n) is 1.57. The van der Waals surface area contributed by atoms with Gasteiger partial charge < -0.3 is 5.73 Å². The van der Waals surface area contributed by atoms with E-state index in [0.29, 0.717) is 11.1 Å². The molecular weight excluding hydrogens is 247 g/mol. The first-order chi connectivity index (χ1) is 8.00. The molecule has 0 unspecified atom stereocenters. The van der Waals surface area contributed by atoms with E-state index >= 15 is 0 Å². The third-order valence-corrected chi connectivity index (χ3v) is 3.09. The summed E-state index contributed by atoms with van der Waals surface area (Å²) in [6.45, 7) is 0.0983. The second-order valence-electron chi connectivity index (χ2n) is 3.63. The van der Waals surface area contributed by atoms with Gasteiger partial charge in [0.1, 0.15) is 0 Å². The van der Waals surface area contributed by atoms with E-state index in [-0.39, 0.29) is 6.54 Å². The van der Waals surface area contributed by atoms with Crippen LogP contribution in [0.4, 0.5) is 13.2 Å². The number of halogens is 3. The Labute approximate surface area is 101 Å². The highest BCUT2D eigenvalue weighted by molar-refractivity contribution is 7.08. The predicted molar refractivity (Wildman–Crippen MR) is 62.6 cm³/mol. The summed E-state index contributed by atoms with van der Waals surface area (Å²) in [6.07, 6.45) is -4.34. The van der Waals surface area contributed by atoms with Gasteiger partial charge in [0.2, 0.25) is 0 Å². The van der Waals surface area contributed by atoms with Gasteiger partial charge in [-0.15, -0.1) is 0 Å². The Morgan fingerprint density at radius 3 is 2.41 bits per heavy atom. The van der Waals surface area contributed by atoms with E-state index in [9.17, 15) is 13.2 Å². The first-order valence-corrected chi connectivity index (χ1v) is 5.89. The largest absolute Gasteiger partial charge is 0.416 e. The molecule has 1 heterocycles. The quantitative estimate of drug-likeness (QED) is 0.867. The molecule has 0 saturated carbocycles. The molecule has 1 aromatic carbocycles. The van der Waals surface area contributed by atoms with Gasteiger partial charge in [0.15, 0.2) is 0 Å². The number of hydrogen-bond acceptors (Lipinski definition) is 2. The summed E-state index contributed by atoms with van der Waals surface area (Å²) in [7, 11) is 0. The Hall–Kier alpha value is -1.33. The smallest absolute Gasteiger partial charge is 0.326 e. The van der Waals surface area contributed by atoms with E-state index < -0.39 is 11.7 Å². The normalized spacial score (nSPS) is 11.8. The summed E-state index contributed by atoms with van der Waals surface area (Å²) in [5.74, 6) is 0. The highest BCUT2D eigenvalue weighted by Gasteiger charge is 2.31. The Morgan fingerprint density at radius 2 is 1.88 bits per heavy atom. The molecule has 2 N–H and O–H groups in total. The summed E-state index contributed by atoms with van der Waals surface area (Å²) in [4.78, 5) is 0. The number of hydrogen-bond donors (Lipinski definition) is 1. The van der Waals surface area contributed by atoms with Crippen molar-refractivity contribution >= 4 is 11.3 Å². The van der Waals surface area contributed by atoms with Crippen molar-refractivity contribution in [1.29, 1.82) is 0 Å². The molecule has 0 spiro atoms. The zero-order valence-electron chi connectivity index (χ0n) is 8.79. The van der Waals surface area contributed by atoms with E-state index in [1.165, 1.54) is 11.3 Å². The maximum absolute atomic E-state index is 12.7.